The summed E-state index contributed by atoms with van der Waals surface area (Å²) in [4.78, 5) is 8.55. The average molecular weight is 444 g/mol. The lowest BCUT2D eigenvalue weighted by Gasteiger charge is -2.07. The van der Waals surface area contributed by atoms with Crippen LogP contribution >= 0.6 is 0 Å². The fraction of sp³-hybridized carbons (Fsp3) is 0.100. The highest BCUT2D eigenvalue weighted by atomic mass is 19.2. The molecule has 0 aliphatic carbocycles. The van der Waals surface area contributed by atoms with E-state index in [-0.39, 0.29) is 22.7 Å². The van der Waals surface area contributed by atoms with E-state index < -0.39 is 29.0 Å². The molecular formula is C20H12F4N6O2. The van der Waals surface area contributed by atoms with Crippen molar-refractivity contribution >= 4 is 16.7 Å². The maximum atomic E-state index is 14.3. The molecule has 5 rings (SSSR count). The maximum Gasteiger partial charge on any atom is 0.187 e. The van der Waals surface area contributed by atoms with Gasteiger partial charge in [-0.25, -0.2) is 36.7 Å². The summed E-state index contributed by atoms with van der Waals surface area (Å²) in [5.74, 6) is -4.99. The van der Waals surface area contributed by atoms with E-state index in [1.54, 1.807) is 18.2 Å². The molecule has 0 amide bonds. The number of aromatic nitrogens is 6. The molecule has 0 bridgehead atoms. The summed E-state index contributed by atoms with van der Waals surface area (Å²) >= 11 is 0. The minimum absolute atomic E-state index is 0.0634. The van der Waals surface area contributed by atoms with Crippen molar-refractivity contribution in [2.24, 2.45) is 0 Å². The van der Waals surface area contributed by atoms with E-state index in [2.05, 4.69) is 20.2 Å². The number of halogens is 4. The highest BCUT2D eigenvalue weighted by Crippen LogP contribution is 2.32. The zero-order valence-electron chi connectivity index (χ0n) is 16.5. The van der Waals surface area contributed by atoms with Gasteiger partial charge < -0.3 is 9.47 Å². The summed E-state index contributed by atoms with van der Waals surface area (Å²) in [5.41, 5.74) is -0.208. The Morgan fingerprint density at radius 2 is 1.59 bits per heavy atom. The van der Waals surface area contributed by atoms with Crippen molar-refractivity contribution in [3.05, 3.63) is 60.1 Å². The minimum Gasteiger partial charge on any atom is -0.493 e. The molecule has 5 aromatic rings. The van der Waals surface area contributed by atoms with E-state index in [4.69, 9.17) is 9.47 Å². The highest BCUT2D eigenvalue weighted by molar-refractivity contribution is 5.90. The van der Waals surface area contributed by atoms with Crippen LogP contribution in [0.1, 0.15) is 0 Å². The van der Waals surface area contributed by atoms with Crippen molar-refractivity contribution in [3.63, 3.8) is 0 Å². The third kappa shape index (κ3) is 2.83. The summed E-state index contributed by atoms with van der Waals surface area (Å²) in [7, 11) is 3.00. The molecule has 0 N–H and O–H groups in total. The molecular weight excluding hydrogens is 432 g/mol. The van der Waals surface area contributed by atoms with Gasteiger partial charge in [0.05, 0.1) is 25.8 Å². The first-order valence-corrected chi connectivity index (χ1v) is 9.07. The molecule has 0 fully saturated rings. The Kier molecular flexibility index (Phi) is 4.43. The number of methoxy groups -OCH3 is 2. The van der Waals surface area contributed by atoms with E-state index in [1.165, 1.54) is 31.3 Å². The summed E-state index contributed by atoms with van der Waals surface area (Å²) < 4.78 is 68.5. The largest absolute Gasteiger partial charge is 0.493 e. The van der Waals surface area contributed by atoms with Gasteiger partial charge in [0.25, 0.3) is 0 Å². The first-order valence-electron chi connectivity index (χ1n) is 9.07. The lowest BCUT2D eigenvalue weighted by Crippen LogP contribution is -2.08. The fourth-order valence-electron chi connectivity index (χ4n) is 3.33. The SMILES string of the molecule is COc1ccc(-c2nc3c4cnn(-c5c(F)c(F)cc(F)c5F)c4ncn3n2)cc1OC. The van der Waals surface area contributed by atoms with E-state index >= 15 is 0 Å². The lowest BCUT2D eigenvalue weighted by atomic mass is 10.2. The number of fused-ring (bicyclic) bond motifs is 3. The Hall–Kier alpha value is -4.22. The standard InChI is InChI=1S/C20H12F4N6O2/c1-31-13-4-3-9(5-14(13)32-2)18-27-20-10-7-26-30(19(10)25-8-29(20)28-18)17-15(23)11(21)6-12(22)16(17)24/h3-8H,1-2H3. The normalized spacial score (nSPS) is 11.4. The first kappa shape index (κ1) is 19.7. The second-order valence-electron chi connectivity index (χ2n) is 6.63. The molecule has 3 aromatic heterocycles. The molecule has 0 aliphatic heterocycles. The predicted octanol–water partition coefficient (Wildman–Crippen LogP) is 3.70. The minimum atomic E-state index is -1.59. The van der Waals surface area contributed by atoms with E-state index in [1.807, 2.05) is 0 Å². The Balaban J connectivity index is 1.69. The van der Waals surface area contributed by atoms with Crippen LogP contribution in [-0.4, -0.2) is 43.6 Å². The Morgan fingerprint density at radius 1 is 0.875 bits per heavy atom. The van der Waals surface area contributed by atoms with Crippen LogP contribution in [0, 0.1) is 23.3 Å². The van der Waals surface area contributed by atoms with Crippen LogP contribution in [0.2, 0.25) is 0 Å². The van der Waals surface area contributed by atoms with Gasteiger partial charge in [0, 0.05) is 11.6 Å². The van der Waals surface area contributed by atoms with Crippen LogP contribution in [-0.2, 0) is 0 Å². The van der Waals surface area contributed by atoms with Crippen molar-refractivity contribution in [1.82, 2.24) is 29.4 Å². The lowest BCUT2D eigenvalue weighted by molar-refractivity contribution is 0.355. The summed E-state index contributed by atoms with van der Waals surface area (Å²) in [6, 6.07) is 5.22. The molecule has 162 valence electrons. The van der Waals surface area contributed by atoms with Gasteiger partial charge in [-0.1, -0.05) is 0 Å². The van der Waals surface area contributed by atoms with E-state index in [0.717, 1.165) is 0 Å². The predicted molar refractivity (Wildman–Crippen MR) is 104 cm³/mol. The maximum absolute atomic E-state index is 14.3. The van der Waals surface area contributed by atoms with Gasteiger partial charge in [-0.2, -0.15) is 5.10 Å². The molecule has 0 radical (unpaired) electrons. The zero-order valence-corrected chi connectivity index (χ0v) is 16.5. The molecule has 0 atom stereocenters. The van der Waals surface area contributed by atoms with Gasteiger partial charge in [0.1, 0.15) is 12.0 Å². The molecule has 32 heavy (non-hydrogen) atoms. The topological polar surface area (TPSA) is 79.4 Å². The van der Waals surface area contributed by atoms with Gasteiger partial charge in [-0.05, 0) is 18.2 Å². The van der Waals surface area contributed by atoms with Crippen molar-refractivity contribution in [2.45, 2.75) is 0 Å². The quantitative estimate of drug-likeness (QED) is 0.311. The van der Waals surface area contributed by atoms with Crippen molar-refractivity contribution in [2.75, 3.05) is 14.2 Å². The number of hydrogen-bond donors (Lipinski definition) is 0. The van der Waals surface area contributed by atoms with Crippen LogP contribution in [0.15, 0.2) is 36.8 Å². The third-order valence-electron chi connectivity index (χ3n) is 4.85. The van der Waals surface area contributed by atoms with Gasteiger partial charge in [-0.3, -0.25) is 0 Å². The molecule has 0 aliphatic rings. The van der Waals surface area contributed by atoms with Crippen LogP contribution in [0.3, 0.4) is 0 Å². The average Bonchev–Trinajstić information content (AvgIpc) is 3.42. The first-order chi connectivity index (χ1) is 15.4. The molecule has 8 nitrogen and oxygen atoms in total. The Labute approximate surface area is 176 Å². The monoisotopic (exact) mass is 444 g/mol. The molecule has 0 unspecified atom stereocenters. The van der Waals surface area contributed by atoms with Crippen molar-refractivity contribution in [3.8, 4) is 28.6 Å². The Morgan fingerprint density at radius 3 is 2.28 bits per heavy atom. The van der Waals surface area contributed by atoms with Crippen LogP contribution in [0.4, 0.5) is 17.6 Å². The van der Waals surface area contributed by atoms with Crippen LogP contribution < -0.4 is 9.47 Å². The highest BCUT2D eigenvalue weighted by Gasteiger charge is 2.24. The van der Waals surface area contributed by atoms with Gasteiger partial charge >= 0.3 is 0 Å². The zero-order chi connectivity index (χ0) is 22.6. The molecule has 0 spiro atoms. The van der Waals surface area contributed by atoms with Crippen LogP contribution in [0.25, 0.3) is 33.8 Å². The molecule has 0 saturated heterocycles. The van der Waals surface area contributed by atoms with E-state index in [0.29, 0.717) is 27.6 Å². The number of hydrogen-bond acceptors (Lipinski definition) is 6. The van der Waals surface area contributed by atoms with E-state index in [9.17, 15) is 17.6 Å². The van der Waals surface area contributed by atoms with Gasteiger partial charge in [-0.15, -0.1) is 5.10 Å². The van der Waals surface area contributed by atoms with Crippen molar-refractivity contribution < 1.29 is 27.0 Å². The number of benzene rings is 2. The number of ether oxygens (including phenoxy) is 2. The van der Waals surface area contributed by atoms with Gasteiger partial charge in [0.2, 0.25) is 0 Å². The fourth-order valence-corrected chi connectivity index (χ4v) is 3.33. The van der Waals surface area contributed by atoms with Gasteiger partial charge in [0.15, 0.2) is 51.9 Å². The van der Waals surface area contributed by atoms with Crippen LogP contribution in [0.5, 0.6) is 11.5 Å². The molecule has 12 heteroatoms. The molecule has 0 saturated carbocycles. The summed E-state index contributed by atoms with van der Waals surface area (Å²) in [6.07, 6.45) is 2.48. The smallest absolute Gasteiger partial charge is 0.187 e. The second kappa shape index (κ2) is 7.18. The summed E-state index contributed by atoms with van der Waals surface area (Å²) in [6.45, 7) is 0. The number of nitrogens with zero attached hydrogens (tertiary/aromatic N) is 6. The Bertz CT molecular complexity index is 1490. The third-order valence-corrected chi connectivity index (χ3v) is 4.85. The number of rotatable bonds is 4. The summed E-state index contributed by atoms with van der Waals surface area (Å²) in [5, 5.41) is 8.49. The molecule has 3 heterocycles. The van der Waals surface area contributed by atoms with Crippen molar-refractivity contribution in [1.29, 1.82) is 0 Å². The second-order valence-corrected chi connectivity index (χ2v) is 6.63. The molecule has 2 aromatic carbocycles.